The Morgan fingerprint density at radius 3 is 2.80 bits per heavy atom. The first kappa shape index (κ1) is 16.3. The number of nitrogens with zero attached hydrogens (tertiary/aromatic N) is 3. The molecule has 0 spiro atoms. The number of carbonyl (C=O) groups is 1. The molecule has 3 rings (SSSR count). The molecule has 3 aromatic rings. The van der Waals surface area contributed by atoms with Crippen molar-refractivity contribution in [2.24, 2.45) is 0 Å². The van der Waals surface area contributed by atoms with Crippen LogP contribution in [0.2, 0.25) is 10.2 Å². The number of amides is 1. The van der Waals surface area contributed by atoms with Crippen LogP contribution in [-0.4, -0.2) is 20.9 Å². The first-order valence-electron chi connectivity index (χ1n) is 7.64. The number of anilines is 3. The van der Waals surface area contributed by atoms with Gasteiger partial charge in [-0.2, -0.15) is 0 Å². The van der Waals surface area contributed by atoms with Crippen molar-refractivity contribution in [1.82, 2.24) is 15.0 Å². The quantitative estimate of drug-likeness (QED) is 0.617. The highest BCUT2D eigenvalue weighted by molar-refractivity contribution is 7.17. The normalized spacial score (nSPS) is 11.1. The summed E-state index contributed by atoms with van der Waals surface area (Å²) >= 11 is 13.2. The van der Waals surface area contributed by atoms with Gasteiger partial charge in [-0.25, -0.2) is 15.0 Å². The van der Waals surface area contributed by atoms with Crippen molar-refractivity contribution in [2.45, 2.75) is 13.8 Å². The zero-order valence-corrected chi connectivity index (χ0v) is 15.6. The van der Waals surface area contributed by atoms with Gasteiger partial charge in [0, 0.05) is 6.07 Å². The lowest BCUT2D eigenvalue weighted by Gasteiger charge is -2.08. The lowest BCUT2D eigenvalue weighted by Crippen LogP contribution is -2.11. The summed E-state index contributed by atoms with van der Waals surface area (Å²) in [4.78, 5) is 25.2. The van der Waals surface area contributed by atoms with Crippen LogP contribution in [-0.2, 0) is 0 Å². The van der Waals surface area contributed by atoms with Crippen molar-refractivity contribution in [3.05, 3.63) is 56.9 Å². The van der Waals surface area contributed by atoms with E-state index in [2.05, 4.69) is 25.6 Å². The average Bonchev–Trinajstić information content (AvgIpc) is 2.98. The molecule has 0 saturated heterocycles. The summed E-state index contributed by atoms with van der Waals surface area (Å²) in [7, 11) is 0. The largest absolute Gasteiger partial charge is 0.320 e. The highest BCUT2D eigenvalue weighted by atomic mass is 35.5. The van der Waals surface area contributed by atoms with Gasteiger partial charge >= 0.3 is 0 Å². The Balaban J connectivity index is 1.76. The second-order valence-corrected chi connectivity index (χ2v) is 6.92. The van der Waals surface area contributed by atoms with Crippen molar-refractivity contribution in [1.29, 1.82) is 0 Å². The monoisotopic (exact) mass is 394 g/mol. The van der Waals surface area contributed by atoms with Crippen molar-refractivity contribution < 1.29 is 6.17 Å². The van der Waals surface area contributed by atoms with E-state index in [9.17, 15) is 4.79 Å². The smallest absolute Gasteiger partial charge is 0.267 e. The summed E-state index contributed by atoms with van der Waals surface area (Å²) in [6, 6.07) is 4.96. The molecule has 0 saturated carbocycles. The van der Waals surface area contributed by atoms with Crippen LogP contribution in [0.5, 0.6) is 0 Å². The van der Waals surface area contributed by atoms with Crippen LogP contribution >= 0.6 is 34.5 Å². The number of halogens is 2. The summed E-state index contributed by atoms with van der Waals surface area (Å²) in [5.74, 6) is 0.682. The van der Waals surface area contributed by atoms with E-state index in [1.807, 2.05) is 0 Å². The number of hydrogen-bond acceptors (Lipinski definition) is 6. The molecule has 0 aliphatic rings. The van der Waals surface area contributed by atoms with Crippen molar-refractivity contribution in [2.75, 3.05) is 10.6 Å². The Morgan fingerprint density at radius 1 is 1.28 bits per heavy atom. The van der Waals surface area contributed by atoms with Gasteiger partial charge in [-0.3, -0.25) is 4.79 Å². The van der Waals surface area contributed by atoms with Crippen LogP contribution in [0, 0.1) is 13.8 Å². The van der Waals surface area contributed by atoms with Gasteiger partial charge in [-0.1, -0.05) is 46.6 Å². The average molecular weight is 395 g/mol. The summed E-state index contributed by atoms with van der Waals surface area (Å²) in [6.07, 6.45) is 1.46. The minimum Gasteiger partial charge on any atom is -0.320 e. The molecular weight excluding hydrogens is 381 g/mol. The van der Waals surface area contributed by atoms with E-state index in [1.54, 1.807) is 26.0 Å². The second kappa shape index (κ2) is 7.35. The van der Waals surface area contributed by atoms with Gasteiger partial charge in [0.05, 0.1) is 18.3 Å². The Morgan fingerprint density at radius 2 is 2.08 bits per heavy atom. The third kappa shape index (κ3) is 4.25. The van der Waals surface area contributed by atoms with E-state index in [-0.39, 0.29) is 11.9 Å². The van der Waals surface area contributed by atoms with E-state index >= 15 is 0 Å². The fourth-order valence-electron chi connectivity index (χ4n) is 2.05. The molecule has 25 heavy (non-hydrogen) atoms. The molecule has 0 bridgehead atoms. The third-order valence-electron chi connectivity index (χ3n) is 3.15. The van der Waals surface area contributed by atoms with Crippen molar-refractivity contribution in [3.63, 3.8) is 0 Å². The molecule has 1 aromatic carbocycles. The summed E-state index contributed by atoms with van der Waals surface area (Å²) in [6.45, 7) is 3.51. The highest BCUT2D eigenvalue weighted by Gasteiger charge is 2.14. The molecule has 128 valence electrons. The van der Waals surface area contributed by atoms with E-state index in [4.69, 9.17) is 24.6 Å². The number of para-hydroxylation sites is 1. The molecule has 0 aliphatic heterocycles. The molecule has 0 radical (unpaired) electrons. The van der Waals surface area contributed by atoms with Gasteiger partial charge in [0.1, 0.15) is 21.7 Å². The number of thiazole rings is 1. The molecule has 0 unspecified atom stereocenters. The van der Waals surface area contributed by atoms with Gasteiger partial charge in [-0.05, 0) is 25.5 Å². The number of hydrogen-bond donors (Lipinski definition) is 2. The van der Waals surface area contributed by atoms with Crippen LogP contribution in [0.15, 0.2) is 30.4 Å². The van der Waals surface area contributed by atoms with Crippen molar-refractivity contribution >= 4 is 57.1 Å². The third-order valence-corrected chi connectivity index (χ3v) is 4.56. The van der Waals surface area contributed by atoms with Crippen LogP contribution in [0.1, 0.15) is 22.4 Å². The standard InChI is InChI=1S/C16H13Cl2N5OS/c1-8-4-3-5-10(17)14(8)23-15(24)11-7-19-16(25-11)22-13-6-12(18)20-9(2)21-13/h3-7H,1-2H3,(H,23,24)(H,19,20,21,22)/i3D. The Bertz CT molecular complexity index is 951. The lowest BCUT2D eigenvalue weighted by atomic mass is 10.2. The van der Waals surface area contributed by atoms with E-state index in [0.717, 1.165) is 11.3 Å². The maximum absolute atomic E-state index is 12.5. The molecule has 2 N–H and O–H groups in total. The van der Waals surface area contributed by atoms with Gasteiger partial charge in [-0.15, -0.1) is 0 Å². The maximum Gasteiger partial charge on any atom is 0.267 e. The maximum atomic E-state index is 12.5. The topological polar surface area (TPSA) is 79.8 Å². The Hall–Kier alpha value is -2.22. The van der Waals surface area contributed by atoms with E-state index in [1.165, 1.54) is 12.3 Å². The molecule has 2 heterocycles. The number of aromatic nitrogens is 3. The number of carbonyl (C=O) groups excluding carboxylic acids is 1. The number of benzene rings is 1. The highest BCUT2D eigenvalue weighted by Crippen LogP contribution is 2.28. The molecule has 0 fully saturated rings. The van der Waals surface area contributed by atoms with Gasteiger partial charge in [0.25, 0.3) is 5.91 Å². The minimum absolute atomic E-state index is 0.286. The number of nitrogens with one attached hydrogen (secondary N) is 2. The molecule has 9 heteroatoms. The predicted octanol–water partition coefficient (Wildman–Crippen LogP) is 4.85. The summed E-state index contributed by atoms with van der Waals surface area (Å²) < 4.78 is 7.63. The zero-order chi connectivity index (χ0) is 18.8. The molecule has 1 amide bonds. The van der Waals surface area contributed by atoms with Crippen LogP contribution in [0.25, 0.3) is 0 Å². The van der Waals surface area contributed by atoms with E-state index < -0.39 is 0 Å². The molecular formula is C16H13Cl2N5OS. The summed E-state index contributed by atoms with van der Waals surface area (Å²) in [5, 5.41) is 6.88. The molecule has 2 aromatic heterocycles. The molecule has 0 aliphatic carbocycles. The summed E-state index contributed by atoms with van der Waals surface area (Å²) in [5.41, 5.74) is 1.19. The second-order valence-electron chi connectivity index (χ2n) is 5.09. The Labute approximate surface area is 159 Å². The first-order valence-corrected chi connectivity index (χ1v) is 8.71. The SMILES string of the molecule is [2H]c1cc(C)c(NC(=O)c2cnc(Nc3cc(Cl)nc(C)n3)s2)c(Cl)c1. The molecule has 0 atom stereocenters. The fourth-order valence-corrected chi connectivity index (χ4v) is 3.25. The fraction of sp³-hybridized carbons (Fsp3) is 0.125. The van der Waals surface area contributed by atoms with Crippen LogP contribution in [0.4, 0.5) is 16.6 Å². The van der Waals surface area contributed by atoms with E-state index in [0.29, 0.717) is 43.1 Å². The van der Waals surface area contributed by atoms with Crippen molar-refractivity contribution in [3.8, 4) is 0 Å². The number of aryl methyl sites for hydroxylation is 2. The van der Waals surface area contributed by atoms with Gasteiger partial charge in [0.2, 0.25) is 0 Å². The molecule has 6 nitrogen and oxygen atoms in total. The minimum atomic E-state index is -0.338. The zero-order valence-electron chi connectivity index (χ0n) is 14.2. The van der Waals surface area contributed by atoms with Gasteiger partial charge in [0.15, 0.2) is 5.13 Å². The Kier molecular flexibility index (Phi) is 4.78. The number of rotatable bonds is 4. The predicted molar refractivity (Wildman–Crippen MR) is 101 cm³/mol. The first-order chi connectivity index (χ1) is 12.3. The lowest BCUT2D eigenvalue weighted by molar-refractivity contribution is 0.103. The van der Waals surface area contributed by atoms with Gasteiger partial charge < -0.3 is 10.6 Å². The van der Waals surface area contributed by atoms with Crippen LogP contribution in [0.3, 0.4) is 0 Å². The van der Waals surface area contributed by atoms with Crippen LogP contribution < -0.4 is 10.6 Å².